The minimum absolute atomic E-state index is 0.0118. The van der Waals surface area contributed by atoms with Crippen LogP contribution in [0, 0.1) is 0 Å². The molecular weight excluding hydrogens is 459 g/mol. The van der Waals surface area contributed by atoms with Crippen LogP contribution in [-0.2, 0) is 12.6 Å². The Bertz CT molecular complexity index is 1230. The number of aromatic nitrogens is 2. The SMILES string of the molecule is CCc1ccccc1NC(=O)c1nnccc1N1CCNCC1C(=O)c1ccccc1C(F)(F)F. The molecule has 1 atom stereocenters. The van der Waals surface area contributed by atoms with Gasteiger partial charge < -0.3 is 15.5 Å². The Balaban J connectivity index is 1.68. The van der Waals surface area contributed by atoms with E-state index >= 15 is 0 Å². The van der Waals surface area contributed by atoms with Crippen molar-refractivity contribution < 1.29 is 22.8 Å². The number of nitrogens with zero attached hydrogens (tertiary/aromatic N) is 3. The average molecular weight is 483 g/mol. The van der Waals surface area contributed by atoms with Crippen LogP contribution in [0.1, 0.15) is 38.9 Å². The van der Waals surface area contributed by atoms with Crippen LogP contribution >= 0.6 is 0 Å². The summed E-state index contributed by atoms with van der Waals surface area (Å²) in [5, 5.41) is 13.8. The number of Topliss-reactive ketones (excluding diaryl/α,β-unsaturated/α-hetero) is 1. The van der Waals surface area contributed by atoms with E-state index < -0.39 is 35.0 Å². The van der Waals surface area contributed by atoms with E-state index in [0.29, 0.717) is 30.9 Å². The van der Waals surface area contributed by atoms with Crippen molar-refractivity contribution in [2.24, 2.45) is 0 Å². The number of para-hydroxylation sites is 1. The van der Waals surface area contributed by atoms with Gasteiger partial charge in [0, 0.05) is 30.9 Å². The van der Waals surface area contributed by atoms with Crippen LogP contribution in [0.4, 0.5) is 24.5 Å². The first-order valence-electron chi connectivity index (χ1n) is 11.2. The molecule has 3 aromatic rings. The quantitative estimate of drug-likeness (QED) is 0.516. The highest BCUT2D eigenvalue weighted by atomic mass is 19.4. The van der Waals surface area contributed by atoms with Crippen LogP contribution in [0.25, 0.3) is 0 Å². The van der Waals surface area contributed by atoms with Crippen LogP contribution in [0.2, 0.25) is 0 Å². The molecule has 1 aliphatic rings. The second-order valence-corrected chi connectivity index (χ2v) is 8.05. The van der Waals surface area contributed by atoms with Crippen LogP contribution in [0.5, 0.6) is 0 Å². The summed E-state index contributed by atoms with van der Waals surface area (Å²) in [6.45, 7) is 2.86. The largest absolute Gasteiger partial charge is 0.417 e. The molecule has 2 heterocycles. The molecule has 1 aliphatic heterocycles. The van der Waals surface area contributed by atoms with Gasteiger partial charge in [0.25, 0.3) is 5.91 Å². The van der Waals surface area contributed by atoms with Crippen molar-refractivity contribution in [3.05, 3.63) is 83.2 Å². The maximum absolute atomic E-state index is 13.6. The first-order chi connectivity index (χ1) is 16.8. The van der Waals surface area contributed by atoms with Crippen molar-refractivity contribution >= 4 is 23.1 Å². The van der Waals surface area contributed by atoms with Gasteiger partial charge in [-0.05, 0) is 30.2 Å². The Labute approximate surface area is 200 Å². The number of carbonyl (C=O) groups is 2. The maximum Gasteiger partial charge on any atom is 0.417 e. The molecule has 0 bridgehead atoms. The number of amides is 1. The summed E-state index contributed by atoms with van der Waals surface area (Å²) in [7, 11) is 0. The van der Waals surface area contributed by atoms with Gasteiger partial charge >= 0.3 is 6.18 Å². The van der Waals surface area contributed by atoms with E-state index in [9.17, 15) is 22.8 Å². The third-order valence-corrected chi connectivity index (χ3v) is 5.91. The summed E-state index contributed by atoms with van der Waals surface area (Å²) < 4.78 is 40.7. The fourth-order valence-corrected chi connectivity index (χ4v) is 4.20. The Morgan fingerprint density at radius 1 is 1.11 bits per heavy atom. The van der Waals surface area contributed by atoms with Crippen molar-refractivity contribution in [1.29, 1.82) is 0 Å². The smallest absolute Gasteiger partial charge is 0.357 e. The Hall–Kier alpha value is -3.79. The maximum atomic E-state index is 13.6. The van der Waals surface area contributed by atoms with Gasteiger partial charge in [0.15, 0.2) is 11.5 Å². The van der Waals surface area contributed by atoms with Gasteiger partial charge in [0.05, 0.1) is 17.4 Å². The number of hydrogen-bond acceptors (Lipinski definition) is 6. The minimum atomic E-state index is -4.67. The fraction of sp³-hybridized carbons (Fsp3) is 0.280. The van der Waals surface area contributed by atoms with E-state index in [1.807, 2.05) is 19.1 Å². The first-order valence-corrected chi connectivity index (χ1v) is 11.2. The van der Waals surface area contributed by atoms with Gasteiger partial charge in [-0.15, -0.1) is 5.10 Å². The molecule has 1 aromatic heterocycles. The number of aryl methyl sites for hydroxylation is 1. The standard InChI is InChI=1S/C25H24F3N5O2/c1-2-16-7-3-6-10-19(16)31-24(35)22-20(11-12-30-32-22)33-14-13-29-15-21(33)23(34)17-8-4-5-9-18(17)25(26,27)28/h3-12,21,29H,2,13-15H2,1H3,(H,31,35). The third kappa shape index (κ3) is 5.17. The molecule has 1 amide bonds. The van der Waals surface area contributed by atoms with Crippen LogP contribution in [0.15, 0.2) is 60.8 Å². The first kappa shape index (κ1) is 24.3. The number of carbonyl (C=O) groups excluding carboxylic acids is 2. The zero-order valence-electron chi connectivity index (χ0n) is 19.0. The number of anilines is 2. The average Bonchev–Trinajstić information content (AvgIpc) is 2.88. The monoisotopic (exact) mass is 483 g/mol. The number of piperazine rings is 1. The number of alkyl halides is 3. The molecule has 0 radical (unpaired) electrons. The fourth-order valence-electron chi connectivity index (χ4n) is 4.20. The lowest BCUT2D eigenvalue weighted by Gasteiger charge is -2.37. The van der Waals surface area contributed by atoms with E-state index in [1.54, 1.807) is 23.1 Å². The molecule has 1 fully saturated rings. The zero-order valence-corrected chi connectivity index (χ0v) is 19.0. The highest BCUT2D eigenvalue weighted by molar-refractivity contribution is 6.08. The molecule has 35 heavy (non-hydrogen) atoms. The molecule has 0 spiro atoms. The zero-order chi connectivity index (χ0) is 25.0. The molecule has 0 aliphatic carbocycles. The molecule has 2 N–H and O–H groups in total. The van der Waals surface area contributed by atoms with Crippen molar-refractivity contribution in [2.45, 2.75) is 25.6 Å². The normalized spacial score (nSPS) is 16.1. The number of nitrogens with one attached hydrogen (secondary N) is 2. The lowest BCUT2D eigenvalue weighted by Crippen LogP contribution is -2.55. The molecule has 1 unspecified atom stereocenters. The molecule has 0 saturated carbocycles. The van der Waals surface area contributed by atoms with Gasteiger partial charge in [-0.25, -0.2) is 0 Å². The minimum Gasteiger partial charge on any atom is -0.357 e. The highest BCUT2D eigenvalue weighted by Gasteiger charge is 2.39. The van der Waals surface area contributed by atoms with Crippen LogP contribution in [0.3, 0.4) is 0 Å². The van der Waals surface area contributed by atoms with Gasteiger partial charge in [-0.1, -0.05) is 43.3 Å². The van der Waals surface area contributed by atoms with Crippen molar-refractivity contribution in [1.82, 2.24) is 15.5 Å². The molecule has 7 nitrogen and oxygen atoms in total. The predicted molar refractivity (Wildman–Crippen MR) is 126 cm³/mol. The summed E-state index contributed by atoms with van der Waals surface area (Å²) in [5.74, 6) is -1.21. The Morgan fingerprint density at radius 2 is 1.86 bits per heavy atom. The number of halogens is 3. The molecule has 4 rings (SSSR count). The molecule has 1 saturated heterocycles. The van der Waals surface area contributed by atoms with E-state index in [4.69, 9.17) is 0 Å². The number of benzene rings is 2. The van der Waals surface area contributed by atoms with Crippen molar-refractivity contribution in [3.8, 4) is 0 Å². The molecular formula is C25H24F3N5O2. The Kier molecular flexibility index (Phi) is 7.11. The van der Waals surface area contributed by atoms with Gasteiger partial charge in [-0.2, -0.15) is 18.3 Å². The summed E-state index contributed by atoms with van der Waals surface area (Å²) >= 11 is 0. The molecule has 10 heteroatoms. The predicted octanol–water partition coefficient (Wildman–Crippen LogP) is 3.97. The van der Waals surface area contributed by atoms with Gasteiger partial charge in [0.1, 0.15) is 6.04 Å². The number of ketones is 1. The van der Waals surface area contributed by atoms with E-state index in [-0.39, 0.29) is 12.2 Å². The van der Waals surface area contributed by atoms with Gasteiger partial charge in [0.2, 0.25) is 0 Å². The lowest BCUT2D eigenvalue weighted by atomic mass is 9.95. The number of rotatable bonds is 6. The van der Waals surface area contributed by atoms with Crippen LogP contribution < -0.4 is 15.5 Å². The van der Waals surface area contributed by atoms with E-state index in [0.717, 1.165) is 11.6 Å². The Morgan fingerprint density at radius 3 is 2.63 bits per heavy atom. The van der Waals surface area contributed by atoms with Crippen molar-refractivity contribution in [2.75, 3.05) is 29.9 Å². The summed E-state index contributed by atoms with van der Waals surface area (Å²) in [5.41, 5.74) is 0.480. The second kappa shape index (κ2) is 10.2. The lowest BCUT2D eigenvalue weighted by molar-refractivity contribution is -0.137. The van der Waals surface area contributed by atoms with Gasteiger partial charge in [-0.3, -0.25) is 9.59 Å². The summed E-state index contributed by atoms with van der Waals surface area (Å²) in [6.07, 6.45) is -2.58. The summed E-state index contributed by atoms with van der Waals surface area (Å²) in [4.78, 5) is 28.2. The van der Waals surface area contributed by atoms with E-state index in [1.165, 1.54) is 24.4 Å². The summed E-state index contributed by atoms with van der Waals surface area (Å²) in [6, 6.07) is 12.7. The second-order valence-electron chi connectivity index (χ2n) is 8.05. The van der Waals surface area contributed by atoms with Crippen molar-refractivity contribution in [3.63, 3.8) is 0 Å². The van der Waals surface area contributed by atoms with E-state index in [2.05, 4.69) is 20.8 Å². The van der Waals surface area contributed by atoms with Crippen LogP contribution in [-0.4, -0.2) is 47.6 Å². The highest BCUT2D eigenvalue weighted by Crippen LogP contribution is 2.33. The topological polar surface area (TPSA) is 87.2 Å². The third-order valence-electron chi connectivity index (χ3n) is 5.91. The molecule has 2 aromatic carbocycles. The number of hydrogen-bond donors (Lipinski definition) is 2. The molecule has 182 valence electrons.